The van der Waals surface area contributed by atoms with Gasteiger partial charge in [-0.1, -0.05) is 24.3 Å². The van der Waals surface area contributed by atoms with Crippen LogP contribution in [-0.4, -0.2) is 19.0 Å². The first-order valence-corrected chi connectivity index (χ1v) is 8.03. The van der Waals surface area contributed by atoms with E-state index in [0.29, 0.717) is 30.1 Å². The van der Waals surface area contributed by atoms with E-state index in [-0.39, 0.29) is 5.78 Å². The fourth-order valence-corrected chi connectivity index (χ4v) is 3.25. The molecule has 0 spiro atoms. The maximum absolute atomic E-state index is 12.8. The maximum Gasteiger partial charge on any atom is 0.196 e. The molecular weight excluding hydrogens is 300 g/mol. The standard InChI is InChI=1S/C21H18O3/c1-13-7-14(2)21-18(8-13)20(22)17(12-24-21)10-15-9-16-5-3-4-6-19(16)23-11-15/h3-10H,11-12H2,1-2H3/b17-10-. The fraction of sp³-hybridized carbons (Fsp3) is 0.190. The van der Waals surface area contributed by atoms with Gasteiger partial charge in [0.15, 0.2) is 5.78 Å². The topological polar surface area (TPSA) is 35.5 Å². The number of aryl methyl sites for hydroxylation is 2. The highest BCUT2D eigenvalue weighted by atomic mass is 16.5. The predicted octanol–water partition coefficient (Wildman–Crippen LogP) is 4.28. The number of hydrogen-bond acceptors (Lipinski definition) is 3. The Hall–Kier alpha value is -2.81. The second-order valence-electron chi connectivity index (χ2n) is 6.29. The maximum atomic E-state index is 12.8. The molecule has 2 heterocycles. The Bertz CT molecular complexity index is 903. The number of benzene rings is 2. The molecule has 0 fully saturated rings. The van der Waals surface area contributed by atoms with Gasteiger partial charge >= 0.3 is 0 Å². The Morgan fingerprint density at radius 1 is 1.04 bits per heavy atom. The van der Waals surface area contributed by atoms with Crippen molar-refractivity contribution in [1.29, 1.82) is 0 Å². The Morgan fingerprint density at radius 2 is 1.88 bits per heavy atom. The molecule has 24 heavy (non-hydrogen) atoms. The van der Waals surface area contributed by atoms with Gasteiger partial charge in [-0.3, -0.25) is 4.79 Å². The molecule has 0 atom stereocenters. The summed E-state index contributed by atoms with van der Waals surface area (Å²) in [6.07, 6.45) is 3.97. The van der Waals surface area contributed by atoms with Crippen LogP contribution in [0.15, 0.2) is 53.6 Å². The van der Waals surface area contributed by atoms with Crippen LogP contribution in [0.25, 0.3) is 6.08 Å². The highest BCUT2D eigenvalue weighted by Gasteiger charge is 2.25. The number of Topliss-reactive ketones (excluding diaryl/α,β-unsaturated/α-hetero) is 1. The second-order valence-corrected chi connectivity index (χ2v) is 6.29. The lowest BCUT2D eigenvalue weighted by Crippen LogP contribution is -2.21. The molecule has 2 aliphatic rings. The van der Waals surface area contributed by atoms with E-state index >= 15 is 0 Å². The summed E-state index contributed by atoms with van der Waals surface area (Å²) in [5, 5.41) is 0. The molecule has 2 aliphatic heterocycles. The summed E-state index contributed by atoms with van der Waals surface area (Å²) in [7, 11) is 0. The molecule has 0 unspecified atom stereocenters. The van der Waals surface area contributed by atoms with Gasteiger partial charge in [0, 0.05) is 11.1 Å². The van der Waals surface area contributed by atoms with Crippen LogP contribution in [0.2, 0.25) is 0 Å². The van der Waals surface area contributed by atoms with E-state index in [1.165, 1.54) is 0 Å². The first-order chi connectivity index (χ1) is 11.6. The van der Waals surface area contributed by atoms with Gasteiger partial charge in [0.25, 0.3) is 0 Å². The number of ether oxygens (including phenoxy) is 2. The lowest BCUT2D eigenvalue weighted by atomic mass is 9.94. The summed E-state index contributed by atoms with van der Waals surface area (Å²) in [6, 6.07) is 11.8. The largest absolute Gasteiger partial charge is 0.488 e. The minimum Gasteiger partial charge on any atom is -0.488 e. The van der Waals surface area contributed by atoms with Gasteiger partial charge in [-0.15, -0.1) is 0 Å². The molecule has 4 rings (SSSR count). The van der Waals surface area contributed by atoms with Crippen molar-refractivity contribution in [3.05, 3.63) is 75.9 Å². The highest BCUT2D eigenvalue weighted by molar-refractivity contribution is 6.12. The number of carbonyl (C=O) groups excluding carboxylic acids is 1. The Kier molecular flexibility index (Phi) is 3.49. The molecule has 0 aliphatic carbocycles. The SMILES string of the molecule is Cc1cc(C)c2c(c1)C(=O)/C(=C\C1=Cc3ccccc3OC1)CO2. The van der Waals surface area contributed by atoms with Crippen molar-refractivity contribution in [2.75, 3.05) is 13.2 Å². The first-order valence-electron chi connectivity index (χ1n) is 8.03. The van der Waals surface area contributed by atoms with Gasteiger partial charge in [-0.2, -0.15) is 0 Å². The van der Waals surface area contributed by atoms with Crippen LogP contribution >= 0.6 is 0 Å². The molecule has 0 bridgehead atoms. The first kappa shape index (κ1) is 14.8. The van der Waals surface area contributed by atoms with E-state index in [9.17, 15) is 4.79 Å². The number of ketones is 1. The van der Waals surface area contributed by atoms with Crippen molar-refractivity contribution in [3.63, 3.8) is 0 Å². The molecule has 2 aromatic carbocycles. The summed E-state index contributed by atoms with van der Waals surface area (Å²) < 4.78 is 11.6. The number of rotatable bonds is 1. The van der Waals surface area contributed by atoms with Gasteiger partial charge < -0.3 is 9.47 Å². The van der Waals surface area contributed by atoms with Crippen LogP contribution in [0.1, 0.15) is 27.0 Å². The normalized spacial score (nSPS) is 17.5. The lowest BCUT2D eigenvalue weighted by Gasteiger charge is -2.22. The van der Waals surface area contributed by atoms with Crippen molar-refractivity contribution in [2.45, 2.75) is 13.8 Å². The second kappa shape index (κ2) is 5.68. The molecule has 0 saturated carbocycles. The van der Waals surface area contributed by atoms with Gasteiger partial charge in [0.1, 0.15) is 24.7 Å². The van der Waals surface area contributed by atoms with Gasteiger partial charge in [0.2, 0.25) is 0 Å². The lowest BCUT2D eigenvalue weighted by molar-refractivity contribution is 0.0998. The van der Waals surface area contributed by atoms with Crippen LogP contribution < -0.4 is 9.47 Å². The summed E-state index contributed by atoms with van der Waals surface area (Å²) in [5.41, 5.74) is 5.41. The molecular formula is C21H18O3. The van der Waals surface area contributed by atoms with E-state index in [2.05, 4.69) is 6.08 Å². The molecule has 3 nitrogen and oxygen atoms in total. The number of hydrogen-bond donors (Lipinski definition) is 0. The third-order valence-corrected chi connectivity index (χ3v) is 4.34. The van der Waals surface area contributed by atoms with Crippen molar-refractivity contribution in [2.24, 2.45) is 0 Å². The quantitative estimate of drug-likeness (QED) is 0.736. The number of para-hydroxylation sites is 1. The summed E-state index contributed by atoms with van der Waals surface area (Å²) in [4.78, 5) is 12.8. The van der Waals surface area contributed by atoms with Crippen LogP contribution in [-0.2, 0) is 0 Å². The number of fused-ring (bicyclic) bond motifs is 2. The zero-order valence-corrected chi connectivity index (χ0v) is 13.8. The zero-order valence-electron chi connectivity index (χ0n) is 13.8. The molecule has 120 valence electrons. The van der Waals surface area contributed by atoms with Crippen LogP contribution in [0.4, 0.5) is 0 Å². The van der Waals surface area contributed by atoms with E-state index in [1.54, 1.807) is 0 Å². The number of carbonyl (C=O) groups is 1. The van der Waals surface area contributed by atoms with Crippen molar-refractivity contribution < 1.29 is 14.3 Å². The van der Waals surface area contributed by atoms with E-state index in [0.717, 1.165) is 28.0 Å². The summed E-state index contributed by atoms with van der Waals surface area (Å²) in [6.45, 7) is 4.73. The summed E-state index contributed by atoms with van der Waals surface area (Å²) >= 11 is 0. The molecule has 0 N–H and O–H groups in total. The molecule has 2 aromatic rings. The molecule has 0 saturated heterocycles. The van der Waals surface area contributed by atoms with Crippen molar-refractivity contribution >= 4 is 11.9 Å². The molecule has 0 amide bonds. The van der Waals surface area contributed by atoms with Gasteiger partial charge in [-0.05, 0) is 54.8 Å². The van der Waals surface area contributed by atoms with E-state index in [1.807, 2.05) is 56.3 Å². The van der Waals surface area contributed by atoms with Crippen molar-refractivity contribution in [3.8, 4) is 11.5 Å². The Labute approximate surface area is 141 Å². The average molecular weight is 318 g/mol. The van der Waals surface area contributed by atoms with E-state index in [4.69, 9.17) is 9.47 Å². The van der Waals surface area contributed by atoms with E-state index < -0.39 is 0 Å². The monoisotopic (exact) mass is 318 g/mol. The van der Waals surface area contributed by atoms with Gasteiger partial charge in [-0.25, -0.2) is 0 Å². The highest BCUT2D eigenvalue weighted by Crippen LogP contribution is 2.33. The third-order valence-electron chi connectivity index (χ3n) is 4.34. The molecule has 0 radical (unpaired) electrons. The third kappa shape index (κ3) is 2.52. The minimum atomic E-state index is 0.0443. The minimum absolute atomic E-state index is 0.0443. The van der Waals surface area contributed by atoms with Gasteiger partial charge in [0.05, 0.1) is 5.56 Å². The fourth-order valence-electron chi connectivity index (χ4n) is 3.25. The zero-order chi connectivity index (χ0) is 16.7. The molecule has 0 aromatic heterocycles. The average Bonchev–Trinajstić information content (AvgIpc) is 2.58. The van der Waals surface area contributed by atoms with Crippen LogP contribution in [0.3, 0.4) is 0 Å². The smallest absolute Gasteiger partial charge is 0.196 e. The summed E-state index contributed by atoms with van der Waals surface area (Å²) in [5.74, 6) is 1.63. The molecule has 3 heteroatoms. The Balaban J connectivity index is 1.70. The van der Waals surface area contributed by atoms with Crippen LogP contribution in [0, 0.1) is 13.8 Å². The van der Waals surface area contributed by atoms with Crippen molar-refractivity contribution in [1.82, 2.24) is 0 Å². The predicted molar refractivity (Wildman–Crippen MR) is 93.7 cm³/mol. The Morgan fingerprint density at radius 3 is 2.75 bits per heavy atom. The van der Waals surface area contributed by atoms with Crippen LogP contribution in [0.5, 0.6) is 11.5 Å².